The third-order valence-corrected chi connectivity index (χ3v) is 7.26. The smallest absolute Gasteiger partial charge is 0.0622 e. The van der Waals surface area contributed by atoms with E-state index < -0.39 is 7.26 Å². The highest BCUT2D eigenvalue weighted by molar-refractivity contribution is 7.84. The monoisotopic (exact) mass is 281 g/mol. The minimum atomic E-state index is -0.998. The van der Waals surface area contributed by atoms with Crippen molar-refractivity contribution >= 4 is 12.6 Å². The zero-order valence-corrected chi connectivity index (χ0v) is 13.4. The van der Waals surface area contributed by atoms with E-state index in [1.807, 2.05) is 0 Å². The Bertz CT molecular complexity index is 621. The van der Waals surface area contributed by atoms with Crippen LogP contribution >= 0.6 is 7.26 Å². The zero-order valence-electron chi connectivity index (χ0n) is 12.5. The molecule has 20 heavy (non-hydrogen) atoms. The van der Waals surface area contributed by atoms with Gasteiger partial charge in [-0.05, 0) is 18.6 Å². The lowest BCUT2D eigenvalue weighted by molar-refractivity contribution is 0.990. The maximum Gasteiger partial charge on any atom is 0.0973 e. The second kappa shape index (κ2) is 5.19. The molecule has 0 aromatic heterocycles. The van der Waals surface area contributed by atoms with Crippen molar-refractivity contribution in [2.75, 3.05) is 19.5 Å². The molecule has 1 aliphatic rings. The minimum absolute atomic E-state index is 0.592. The SMILES string of the molecule is Cc1ccc(C2C=C(c3ccccc3)[P+](C)(C)C2)cc1. The fraction of sp³-hybridized carbons (Fsp3) is 0.263. The van der Waals surface area contributed by atoms with E-state index >= 15 is 0 Å². The molecule has 1 aliphatic heterocycles. The van der Waals surface area contributed by atoms with Gasteiger partial charge in [0.25, 0.3) is 0 Å². The molecular formula is C19H22P+. The van der Waals surface area contributed by atoms with Crippen LogP contribution in [-0.2, 0) is 0 Å². The number of hydrogen-bond donors (Lipinski definition) is 0. The Morgan fingerprint density at radius 1 is 0.900 bits per heavy atom. The molecule has 0 saturated heterocycles. The fourth-order valence-electron chi connectivity index (χ4n) is 3.11. The van der Waals surface area contributed by atoms with Gasteiger partial charge in [-0.2, -0.15) is 0 Å². The molecule has 2 aromatic rings. The van der Waals surface area contributed by atoms with E-state index in [1.165, 1.54) is 22.9 Å². The second-order valence-electron chi connectivity index (χ2n) is 6.30. The van der Waals surface area contributed by atoms with Crippen LogP contribution in [0, 0.1) is 6.92 Å². The highest BCUT2D eigenvalue weighted by atomic mass is 31.2. The van der Waals surface area contributed by atoms with E-state index in [0.29, 0.717) is 5.92 Å². The zero-order chi connectivity index (χ0) is 14.2. The molecule has 0 fully saturated rings. The molecular weight excluding hydrogens is 259 g/mol. The number of hydrogen-bond acceptors (Lipinski definition) is 0. The summed E-state index contributed by atoms with van der Waals surface area (Å²) < 4.78 is 0. The third-order valence-electron chi connectivity index (χ3n) is 4.24. The Kier molecular flexibility index (Phi) is 3.52. The summed E-state index contributed by atoms with van der Waals surface area (Å²) in [5.41, 5.74) is 4.23. The van der Waals surface area contributed by atoms with Crippen molar-refractivity contribution in [3.63, 3.8) is 0 Å². The van der Waals surface area contributed by atoms with Crippen LogP contribution in [0.25, 0.3) is 5.31 Å². The van der Waals surface area contributed by atoms with Gasteiger partial charge < -0.3 is 0 Å². The molecule has 3 rings (SSSR count). The predicted octanol–water partition coefficient (Wildman–Crippen LogP) is 5.41. The van der Waals surface area contributed by atoms with Crippen LogP contribution in [0.1, 0.15) is 22.6 Å². The predicted molar refractivity (Wildman–Crippen MR) is 92.0 cm³/mol. The summed E-state index contributed by atoms with van der Waals surface area (Å²) in [7, 11) is -0.998. The standard InChI is InChI=1S/C19H22P/c1-15-9-11-16(12-10-15)18-13-19(20(2,3)14-18)17-7-5-4-6-8-17/h4-13,18H,14H2,1-3H3/q+1. The summed E-state index contributed by atoms with van der Waals surface area (Å²) in [4.78, 5) is 0. The van der Waals surface area contributed by atoms with E-state index in [4.69, 9.17) is 0 Å². The van der Waals surface area contributed by atoms with Crippen molar-refractivity contribution < 1.29 is 0 Å². The lowest BCUT2D eigenvalue weighted by atomic mass is 9.99. The highest BCUT2D eigenvalue weighted by Crippen LogP contribution is 2.69. The van der Waals surface area contributed by atoms with Crippen LogP contribution in [0.15, 0.2) is 60.7 Å². The molecule has 2 aromatic carbocycles. The molecule has 0 spiro atoms. The number of aryl methyl sites for hydroxylation is 1. The summed E-state index contributed by atoms with van der Waals surface area (Å²) in [6.45, 7) is 7.10. The molecule has 1 heteroatoms. The lowest BCUT2D eigenvalue weighted by Gasteiger charge is -2.16. The van der Waals surface area contributed by atoms with E-state index in [9.17, 15) is 0 Å². The van der Waals surface area contributed by atoms with E-state index in [-0.39, 0.29) is 0 Å². The van der Waals surface area contributed by atoms with Crippen LogP contribution in [0.4, 0.5) is 0 Å². The summed E-state index contributed by atoms with van der Waals surface area (Å²) in [6.07, 6.45) is 3.83. The van der Waals surface area contributed by atoms with Gasteiger partial charge in [-0.3, -0.25) is 0 Å². The number of allylic oxidation sites excluding steroid dienone is 1. The third kappa shape index (κ3) is 2.58. The molecule has 1 heterocycles. The Labute approximate surface area is 122 Å². The first-order chi connectivity index (χ1) is 9.56. The molecule has 1 unspecified atom stereocenters. The van der Waals surface area contributed by atoms with E-state index in [0.717, 1.165) is 0 Å². The molecule has 0 saturated carbocycles. The summed E-state index contributed by atoms with van der Waals surface area (Å²) in [5, 5.41) is 1.60. The van der Waals surface area contributed by atoms with Crippen molar-refractivity contribution in [3.8, 4) is 0 Å². The Morgan fingerprint density at radius 3 is 2.20 bits per heavy atom. The molecule has 0 bridgehead atoms. The first-order valence-electron chi connectivity index (χ1n) is 7.24. The fourth-order valence-corrected chi connectivity index (χ4v) is 6.03. The first-order valence-corrected chi connectivity index (χ1v) is 10.1. The summed E-state index contributed by atoms with van der Waals surface area (Å²) >= 11 is 0. The van der Waals surface area contributed by atoms with Gasteiger partial charge in [-0.25, -0.2) is 0 Å². The second-order valence-corrected chi connectivity index (χ2v) is 10.5. The summed E-state index contributed by atoms with van der Waals surface area (Å²) in [5.74, 6) is 0.592. The maximum absolute atomic E-state index is 2.52. The highest BCUT2D eigenvalue weighted by Gasteiger charge is 2.41. The Morgan fingerprint density at radius 2 is 1.55 bits per heavy atom. The lowest BCUT2D eigenvalue weighted by Crippen LogP contribution is -1.99. The van der Waals surface area contributed by atoms with Crippen molar-refractivity contribution in [3.05, 3.63) is 77.4 Å². The normalized spacial score (nSPS) is 20.8. The van der Waals surface area contributed by atoms with Gasteiger partial charge in [-0.15, -0.1) is 0 Å². The van der Waals surface area contributed by atoms with Gasteiger partial charge in [0.1, 0.15) is 0 Å². The minimum Gasteiger partial charge on any atom is -0.0622 e. The molecule has 0 radical (unpaired) electrons. The molecule has 0 nitrogen and oxygen atoms in total. The summed E-state index contributed by atoms with van der Waals surface area (Å²) in [6, 6.07) is 20.0. The largest absolute Gasteiger partial charge is 0.0973 e. The van der Waals surface area contributed by atoms with Crippen LogP contribution in [0.5, 0.6) is 0 Å². The quantitative estimate of drug-likeness (QED) is 0.646. The molecule has 0 amide bonds. The Balaban J connectivity index is 1.97. The van der Waals surface area contributed by atoms with Crippen LogP contribution < -0.4 is 0 Å². The van der Waals surface area contributed by atoms with Gasteiger partial charge in [-0.1, -0.05) is 60.2 Å². The van der Waals surface area contributed by atoms with Gasteiger partial charge >= 0.3 is 0 Å². The van der Waals surface area contributed by atoms with Crippen molar-refractivity contribution in [2.24, 2.45) is 0 Å². The molecule has 102 valence electrons. The van der Waals surface area contributed by atoms with Crippen LogP contribution in [-0.4, -0.2) is 19.5 Å². The van der Waals surface area contributed by atoms with Crippen molar-refractivity contribution in [1.82, 2.24) is 0 Å². The van der Waals surface area contributed by atoms with Gasteiger partial charge in [0.15, 0.2) is 0 Å². The average Bonchev–Trinajstić information content (AvgIpc) is 2.76. The van der Waals surface area contributed by atoms with Gasteiger partial charge in [0.2, 0.25) is 0 Å². The Hall–Kier alpha value is -1.39. The first kappa shape index (κ1) is 13.6. The van der Waals surface area contributed by atoms with Crippen molar-refractivity contribution in [1.29, 1.82) is 0 Å². The van der Waals surface area contributed by atoms with Gasteiger partial charge in [0, 0.05) is 18.7 Å². The van der Waals surface area contributed by atoms with Gasteiger partial charge in [0.05, 0.1) is 24.8 Å². The molecule has 0 aliphatic carbocycles. The van der Waals surface area contributed by atoms with Crippen molar-refractivity contribution in [2.45, 2.75) is 12.8 Å². The van der Waals surface area contributed by atoms with Crippen LogP contribution in [0.3, 0.4) is 0 Å². The van der Waals surface area contributed by atoms with E-state index in [1.54, 1.807) is 5.31 Å². The molecule has 1 atom stereocenters. The average molecular weight is 281 g/mol. The number of benzene rings is 2. The number of rotatable bonds is 2. The topological polar surface area (TPSA) is 0 Å². The van der Waals surface area contributed by atoms with Crippen LogP contribution in [0.2, 0.25) is 0 Å². The van der Waals surface area contributed by atoms with E-state index in [2.05, 4.69) is 80.9 Å². The molecule has 0 N–H and O–H groups in total. The maximum atomic E-state index is 2.52.